The topological polar surface area (TPSA) is 83.9 Å². The smallest absolute Gasteiger partial charge is 0.258 e. The van der Waals surface area contributed by atoms with Crippen molar-refractivity contribution in [3.05, 3.63) is 87.5 Å². The predicted octanol–water partition coefficient (Wildman–Crippen LogP) is 3.07. The van der Waals surface area contributed by atoms with Crippen LogP contribution in [0, 0.1) is 19.7 Å². The number of likely N-dealkylation sites (N-methyl/N-ethyl adjacent to an activating group) is 1. The number of amides is 1. The fourth-order valence-electron chi connectivity index (χ4n) is 3.60. The van der Waals surface area contributed by atoms with Crippen LogP contribution in [0.2, 0.25) is 0 Å². The normalized spacial score (nSPS) is 11.1. The molecule has 4 aromatic rings. The van der Waals surface area contributed by atoms with Crippen molar-refractivity contribution >= 4 is 16.8 Å². The summed E-state index contributed by atoms with van der Waals surface area (Å²) in [6, 6.07) is 13.4. The molecular formula is C23H22FN5O2. The molecule has 0 unspecified atom stereocenters. The first-order valence-electron chi connectivity index (χ1n) is 9.87. The molecular weight excluding hydrogens is 397 g/mol. The number of aromatic nitrogens is 4. The van der Waals surface area contributed by atoms with Gasteiger partial charge in [-0.25, -0.2) is 14.1 Å². The van der Waals surface area contributed by atoms with E-state index in [0.717, 1.165) is 5.56 Å². The molecule has 0 aliphatic carbocycles. The summed E-state index contributed by atoms with van der Waals surface area (Å²) in [5.74, 6) is -0.125. The molecule has 0 saturated carbocycles. The van der Waals surface area contributed by atoms with Crippen LogP contribution >= 0.6 is 0 Å². The fraction of sp³-hybridized carbons (Fsp3) is 0.217. The van der Waals surface area contributed by atoms with Crippen LogP contribution in [0.25, 0.3) is 16.6 Å². The maximum absolute atomic E-state index is 14.2. The van der Waals surface area contributed by atoms with Crippen LogP contribution in [-0.2, 0) is 17.8 Å². The summed E-state index contributed by atoms with van der Waals surface area (Å²) in [5, 5.41) is 4.94. The molecule has 2 aromatic heterocycles. The number of carbonyl (C=O) groups excluding carboxylic acids is 1. The molecule has 0 bridgehead atoms. The van der Waals surface area contributed by atoms with Crippen LogP contribution in [0.3, 0.4) is 0 Å². The summed E-state index contributed by atoms with van der Waals surface area (Å²) in [5.41, 5.74) is 2.81. The molecule has 8 heteroatoms. The Balaban J connectivity index is 1.55. The summed E-state index contributed by atoms with van der Waals surface area (Å²) in [7, 11) is 1.66. The number of halogens is 1. The number of hydrogen-bond acceptors (Lipinski definition) is 4. The van der Waals surface area contributed by atoms with Gasteiger partial charge in [-0.15, -0.1) is 0 Å². The predicted molar refractivity (Wildman–Crippen MR) is 116 cm³/mol. The summed E-state index contributed by atoms with van der Waals surface area (Å²) in [4.78, 5) is 33.8. The number of carbonyl (C=O) groups is 1. The van der Waals surface area contributed by atoms with Gasteiger partial charge in [0.2, 0.25) is 5.91 Å². The highest BCUT2D eigenvalue weighted by Crippen LogP contribution is 2.21. The van der Waals surface area contributed by atoms with Crippen molar-refractivity contribution in [1.29, 1.82) is 0 Å². The van der Waals surface area contributed by atoms with Crippen LogP contribution < -0.4 is 5.56 Å². The lowest BCUT2D eigenvalue weighted by atomic mass is 10.1. The molecule has 0 fully saturated rings. The second-order valence-electron chi connectivity index (χ2n) is 7.47. The summed E-state index contributed by atoms with van der Waals surface area (Å²) in [6.07, 6.45) is 0.112. The second kappa shape index (κ2) is 8.14. The average Bonchev–Trinajstić information content (AvgIpc) is 3.02. The molecule has 0 aliphatic heterocycles. The Hall–Kier alpha value is -3.81. The molecule has 31 heavy (non-hydrogen) atoms. The van der Waals surface area contributed by atoms with E-state index in [0.29, 0.717) is 33.8 Å². The Kier molecular flexibility index (Phi) is 5.37. The van der Waals surface area contributed by atoms with Crippen molar-refractivity contribution in [2.45, 2.75) is 26.8 Å². The maximum Gasteiger partial charge on any atom is 0.258 e. The Morgan fingerprint density at radius 3 is 2.61 bits per heavy atom. The number of hydrogen-bond donors (Lipinski definition) is 1. The molecule has 2 heterocycles. The van der Waals surface area contributed by atoms with Crippen molar-refractivity contribution in [2.24, 2.45) is 0 Å². The van der Waals surface area contributed by atoms with Crippen LogP contribution in [0.5, 0.6) is 0 Å². The van der Waals surface area contributed by atoms with Crippen molar-refractivity contribution in [3.63, 3.8) is 0 Å². The van der Waals surface area contributed by atoms with Crippen molar-refractivity contribution in [2.75, 3.05) is 7.05 Å². The molecule has 0 atom stereocenters. The standard InChI is InChI=1S/C23H22FN5O2/c1-14-17(15(2)29(27-14)20-11-7-5-9-18(20)24)12-22(30)28(3)13-21-25-19-10-6-4-8-16(19)23(31)26-21/h4-11H,12-13H2,1-3H3,(H,25,26,31). The number of fused-ring (bicyclic) bond motifs is 1. The Labute approximate surface area is 178 Å². The van der Waals surface area contributed by atoms with E-state index < -0.39 is 0 Å². The van der Waals surface area contributed by atoms with Crippen molar-refractivity contribution in [3.8, 4) is 5.69 Å². The molecule has 0 aliphatic rings. The van der Waals surface area contributed by atoms with Gasteiger partial charge in [0.25, 0.3) is 5.56 Å². The number of nitrogens with one attached hydrogen (secondary N) is 1. The first-order valence-corrected chi connectivity index (χ1v) is 9.87. The van der Waals surface area contributed by atoms with Crippen LogP contribution in [0.4, 0.5) is 4.39 Å². The molecule has 158 valence electrons. The van der Waals surface area contributed by atoms with Gasteiger partial charge in [-0.2, -0.15) is 5.10 Å². The van der Waals surface area contributed by atoms with E-state index in [-0.39, 0.29) is 30.2 Å². The summed E-state index contributed by atoms with van der Waals surface area (Å²) in [6.45, 7) is 3.78. The van der Waals surface area contributed by atoms with Crippen LogP contribution in [0.1, 0.15) is 22.8 Å². The first-order chi connectivity index (χ1) is 14.8. The van der Waals surface area contributed by atoms with E-state index >= 15 is 0 Å². The minimum absolute atomic E-state index is 0.112. The minimum Gasteiger partial charge on any atom is -0.338 e. The SMILES string of the molecule is Cc1nn(-c2ccccc2F)c(C)c1CC(=O)N(C)Cc1nc2ccccc2c(=O)[nH]1. The van der Waals surface area contributed by atoms with E-state index in [1.165, 1.54) is 15.6 Å². The highest BCUT2D eigenvalue weighted by Gasteiger charge is 2.20. The summed E-state index contributed by atoms with van der Waals surface area (Å²) >= 11 is 0. The lowest BCUT2D eigenvalue weighted by Crippen LogP contribution is -2.30. The third-order valence-electron chi connectivity index (χ3n) is 5.32. The summed E-state index contributed by atoms with van der Waals surface area (Å²) < 4.78 is 15.7. The number of aryl methyl sites for hydroxylation is 1. The quantitative estimate of drug-likeness (QED) is 0.539. The largest absolute Gasteiger partial charge is 0.338 e. The zero-order valence-corrected chi connectivity index (χ0v) is 17.5. The number of nitrogens with zero attached hydrogens (tertiary/aromatic N) is 4. The van der Waals surface area contributed by atoms with Crippen LogP contribution in [-0.4, -0.2) is 37.6 Å². The Bertz CT molecular complexity index is 1340. The van der Waals surface area contributed by atoms with Gasteiger partial charge in [0.1, 0.15) is 17.3 Å². The fourth-order valence-corrected chi connectivity index (χ4v) is 3.60. The number of rotatable bonds is 5. The van der Waals surface area contributed by atoms with Gasteiger partial charge >= 0.3 is 0 Å². The van der Waals surface area contributed by atoms with E-state index in [2.05, 4.69) is 15.1 Å². The first kappa shape index (κ1) is 20.5. The molecule has 7 nitrogen and oxygen atoms in total. The number of para-hydroxylation sites is 2. The van der Waals surface area contributed by atoms with Crippen LogP contribution in [0.15, 0.2) is 53.3 Å². The second-order valence-corrected chi connectivity index (χ2v) is 7.47. The van der Waals surface area contributed by atoms with E-state index in [9.17, 15) is 14.0 Å². The third-order valence-corrected chi connectivity index (χ3v) is 5.32. The molecule has 0 saturated heterocycles. The zero-order valence-electron chi connectivity index (χ0n) is 17.5. The number of aromatic amines is 1. The third kappa shape index (κ3) is 3.96. The molecule has 2 aromatic carbocycles. The Morgan fingerprint density at radius 1 is 1.13 bits per heavy atom. The lowest BCUT2D eigenvalue weighted by molar-refractivity contribution is -0.129. The average molecular weight is 419 g/mol. The van der Waals surface area contributed by atoms with Crippen molar-refractivity contribution in [1.82, 2.24) is 24.6 Å². The zero-order chi connectivity index (χ0) is 22.1. The van der Waals surface area contributed by atoms with Gasteiger partial charge < -0.3 is 9.88 Å². The van der Waals surface area contributed by atoms with E-state index in [4.69, 9.17) is 0 Å². The van der Waals surface area contributed by atoms with Gasteiger partial charge in [-0.05, 0) is 38.1 Å². The Morgan fingerprint density at radius 2 is 1.84 bits per heavy atom. The molecule has 1 amide bonds. The monoisotopic (exact) mass is 419 g/mol. The number of benzene rings is 2. The minimum atomic E-state index is -0.380. The van der Waals surface area contributed by atoms with Gasteiger partial charge in [-0.1, -0.05) is 24.3 Å². The highest BCUT2D eigenvalue weighted by molar-refractivity contribution is 5.79. The maximum atomic E-state index is 14.2. The van der Waals surface area contributed by atoms with Gasteiger partial charge in [-0.3, -0.25) is 9.59 Å². The lowest BCUT2D eigenvalue weighted by Gasteiger charge is -2.17. The van der Waals surface area contributed by atoms with Gasteiger partial charge in [0, 0.05) is 18.3 Å². The molecule has 1 N–H and O–H groups in total. The van der Waals surface area contributed by atoms with Gasteiger partial charge in [0.05, 0.1) is 29.6 Å². The van der Waals surface area contributed by atoms with E-state index in [1.807, 2.05) is 13.0 Å². The number of H-pyrrole nitrogens is 1. The molecule has 0 radical (unpaired) electrons. The van der Waals surface area contributed by atoms with E-state index in [1.54, 1.807) is 50.4 Å². The highest BCUT2D eigenvalue weighted by atomic mass is 19.1. The van der Waals surface area contributed by atoms with Gasteiger partial charge in [0.15, 0.2) is 0 Å². The molecule has 4 rings (SSSR count). The molecule has 0 spiro atoms. The van der Waals surface area contributed by atoms with Crippen molar-refractivity contribution < 1.29 is 9.18 Å².